The van der Waals surface area contributed by atoms with Gasteiger partial charge < -0.3 is 15.2 Å². The van der Waals surface area contributed by atoms with Gasteiger partial charge in [-0.05, 0) is 11.6 Å². The van der Waals surface area contributed by atoms with Crippen molar-refractivity contribution in [1.82, 2.24) is 0 Å². The highest BCUT2D eigenvalue weighted by atomic mass is 16.6. The molecule has 19 heavy (non-hydrogen) atoms. The molecule has 0 saturated heterocycles. The highest BCUT2D eigenvalue weighted by molar-refractivity contribution is 5.92. The van der Waals surface area contributed by atoms with Crippen LogP contribution >= 0.6 is 0 Å². The van der Waals surface area contributed by atoms with Crippen LogP contribution in [0.15, 0.2) is 36.4 Å². The van der Waals surface area contributed by atoms with Crippen molar-refractivity contribution in [3.8, 4) is 22.6 Å². The van der Waals surface area contributed by atoms with Gasteiger partial charge in [-0.3, -0.25) is 4.79 Å². The number of rotatable bonds is 2. The Balaban J connectivity index is 2.17. The fraction of sp³-hybridized carbons (Fsp3) is 0.133. The molecule has 1 aliphatic heterocycles. The van der Waals surface area contributed by atoms with E-state index >= 15 is 0 Å². The largest absolute Gasteiger partial charge is 0.486 e. The Morgan fingerprint density at radius 1 is 1.00 bits per heavy atom. The second-order valence-corrected chi connectivity index (χ2v) is 4.29. The fourth-order valence-electron chi connectivity index (χ4n) is 2.18. The summed E-state index contributed by atoms with van der Waals surface area (Å²) in [6.45, 7) is 1.04. The molecule has 0 radical (unpaired) electrons. The van der Waals surface area contributed by atoms with Gasteiger partial charge in [0.15, 0.2) is 17.8 Å². The number of ether oxygens (including phenoxy) is 2. The van der Waals surface area contributed by atoms with Crippen LogP contribution in [0.1, 0.15) is 10.4 Å². The third-order valence-electron chi connectivity index (χ3n) is 3.09. The molecule has 3 rings (SSSR count). The summed E-state index contributed by atoms with van der Waals surface area (Å²) >= 11 is 0. The van der Waals surface area contributed by atoms with Crippen LogP contribution in [0.25, 0.3) is 11.1 Å². The van der Waals surface area contributed by atoms with E-state index in [0.29, 0.717) is 36.0 Å². The smallest absolute Gasteiger partial charge is 0.163 e. The number of hydrogen-bond acceptors (Lipinski definition) is 4. The van der Waals surface area contributed by atoms with Crippen molar-refractivity contribution in [2.75, 3.05) is 18.9 Å². The number of anilines is 1. The van der Waals surface area contributed by atoms with Crippen molar-refractivity contribution in [2.24, 2.45) is 0 Å². The van der Waals surface area contributed by atoms with Gasteiger partial charge in [0.2, 0.25) is 0 Å². The van der Waals surface area contributed by atoms with Crippen LogP contribution in [0.3, 0.4) is 0 Å². The molecular weight excluding hydrogens is 242 g/mol. The molecule has 0 atom stereocenters. The Morgan fingerprint density at radius 2 is 1.68 bits per heavy atom. The van der Waals surface area contributed by atoms with Gasteiger partial charge in [0, 0.05) is 22.9 Å². The SMILES string of the molecule is Nc1cc2c(cc1-c1ccccc1C=O)OCCO2. The molecule has 0 unspecified atom stereocenters. The fourth-order valence-corrected chi connectivity index (χ4v) is 2.18. The quantitative estimate of drug-likeness (QED) is 0.661. The van der Waals surface area contributed by atoms with E-state index in [1.165, 1.54) is 0 Å². The van der Waals surface area contributed by atoms with Crippen LogP contribution in [0.2, 0.25) is 0 Å². The monoisotopic (exact) mass is 255 g/mol. The molecule has 1 heterocycles. The summed E-state index contributed by atoms with van der Waals surface area (Å²) in [4.78, 5) is 11.1. The maximum atomic E-state index is 11.1. The molecule has 4 nitrogen and oxygen atoms in total. The molecular formula is C15H13NO3. The molecule has 0 amide bonds. The standard InChI is InChI=1S/C15H13NO3/c16-13-8-15-14(18-5-6-19-15)7-12(13)11-4-2-1-3-10(11)9-17/h1-4,7-9H,5-6,16H2. The molecule has 0 saturated carbocycles. The van der Waals surface area contributed by atoms with Gasteiger partial charge in [-0.1, -0.05) is 24.3 Å². The third kappa shape index (κ3) is 2.01. The summed E-state index contributed by atoms with van der Waals surface area (Å²) in [5.41, 5.74) is 8.80. The first-order valence-corrected chi connectivity index (χ1v) is 6.03. The Morgan fingerprint density at radius 3 is 2.42 bits per heavy atom. The molecule has 96 valence electrons. The number of carbonyl (C=O) groups excluding carboxylic acids is 1. The first-order chi connectivity index (χ1) is 9.29. The minimum absolute atomic E-state index is 0.520. The molecule has 0 aliphatic carbocycles. The van der Waals surface area contributed by atoms with Crippen molar-refractivity contribution < 1.29 is 14.3 Å². The maximum Gasteiger partial charge on any atom is 0.163 e. The number of carbonyl (C=O) groups is 1. The second kappa shape index (κ2) is 4.65. The number of aldehydes is 1. The van der Waals surface area contributed by atoms with E-state index in [-0.39, 0.29) is 0 Å². The van der Waals surface area contributed by atoms with Gasteiger partial charge >= 0.3 is 0 Å². The van der Waals surface area contributed by atoms with Gasteiger partial charge in [0.25, 0.3) is 0 Å². The number of nitrogens with two attached hydrogens (primary N) is 1. The minimum atomic E-state index is 0.520. The Bertz CT molecular complexity index is 637. The van der Waals surface area contributed by atoms with Gasteiger partial charge in [-0.15, -0.1) is 0 Å². The predicted octanol–water partition coefficient (Wildman–Crippen LogP) is 2.52. The average molecular weight is 255 g/mol. The molecule has 2 aromatic carbocycles. The highest BCUT2D eigenvalue weighted by Crippen LogP contribution is 2.39. The van der Waals surface area contributed by atoms with E-state index in [4.69, 9.17) is 15.2 Å². The molecule has 1 aliphatic rings. The number of benzene rings is 2. The van der Waals surface area contributed by atoms with Crippen LogP contribution in [0.4, 0.5) is 5.69 Å². The van der Waals surface area contributed by atoms with Crippen molar-refractivity contribution in [2.45, 2.75) is 0 Å². The van der Waals surface area contributed by atoms with Crippen molar-refractivity contribution in [3.63, 3.8) is 0 Å². The van der Waals surface area contributed by atoms with E-state index in [2.05, 4.69) is 0 Å². The summed E-state index contributed by atoms with van der Waals surface area (Å²) in [5, 5.41) is 0. The van der Waals surface area contributed by atoms with Crippen molar-refractivity contribution >= 4 is 12.0 Å². The first-order valence-electron chi connectivity index (χ1n) is 6.03. The molecule has 2 aromatic rings. The first kappa shape index (κ1) is 11.6. The summed E-state index contributed by atoms with van der Waals surface area (Å²) in [7, 11) is 0. The van der Waals surface area contributed by atoms with E-state index in [0.717, 1.165) is 17.4 Å². The number of fused-ring (bicyclic) bond motifs is 1. The zero-order valence-corrected chi connectivity index (χ0v) is 10.3. The lowest BCUT2D eigenvalue weighted by molar-refractivity contribution is 0.112. The molecule has 0 aromatic heterocycles. The molecule has 4 heteroatoms. The van der Waals surface area contributed by atoms with Gasteiger partial charge in [0.05, 0.1) is 0 Å². The van der Waals surface area contributed by atoms with Crippen LogP contribution < -0.4 is 15.2 Å². The van der Waals surface area contributed by atoms with Crippen LogP contribution in [0, 0.1) is 0 Å². The van der Waals surface area contributed by atoms with Gasteiger partial charge in [-0.2, -0.15) is 0 Å². The van der Waals surface area contributed by atoms with Gasteiger partial charge in [-0.25, -0.2) is 0 Å². The number of nitrogen functional groups attached to an aromatic ring is 1. The summed E-state index contributed by atoms with van der Waals surface area (Å²) in [5.74, 6) is 1.31. The molecule has 0 spiro atoms. The topological polar surface area (TPSA) is 61.6 Å². The van der Waals surface area contributed by atoms with E-state index in [9.17, 15) is 4.79 Å². The lowest BCUT2D eigenvalue weighted by Crippen LogP contribution is -2.15. The minimum Gasteiger partial charge on any atom is -0.486 e. The Hall–Kier alpha value is -2.49. The zero-order chi connectivity index (χ0) is 13.2. The highest BCUT2D eigenvalue weighted by Gasteiger charge is 2.16. The number of hydrogen-bond donors (Lipinski definition) is 1. The summed E-state index contributed by atoms with van der Waals surface area (Å²) in [6, 6.07) is 10.9. The Labute approximate surface area is 110 Å². The van der Waals surface area contributed by atoms with Crippen molar-refractivity contribution in [3.05, 3.63) is 42.0 Å². The van der Waals surface area contributed by atoms with Crippen LogP contribution in [0.5, 0.6) is 11.5 Å². The van der Waals surface area contributed by atoms with Crippen molar-refractivity contribution in [1.29, 1.82) is 0 Å². The van der Waals surface area contributed by atoms with Crippen LogP contribution in [-0.4, -0.2) is 19.5 Å². The van der Waals surface area contributed by atoms with Gasteiger partial charge in [0.1, 0.15) is 13.2 Å². The second-order valence-electron chi connectivity index (χ2n) is 4.29. The van der Waals surface area contributed by atoms with Crippen LogP contribution in [-0.2, 0) is 0 Å². The predicted molar refractivity (Wildman–Crippen MR) is 72.7 cm³/mol. The lowest BCUT2D eigenvalue weighted by atomic mass is 9.98. The maximum absolute atomic E-state index is 11.1. The van der Waals surface area contributed by atoms with E-state index in [1.54, 1.807) is 12.1 Å². The lowest BCUT2D eigenvalue weighted by Gasteiger charge is -2.20. The van der Waals surface area contributed by atoms with E-state index in [1.807, 2.05) is 24.3 Å². The normalized spacial score (nSPS) is 13.1. The Kier molecular flexibility index (Phi) is 2.83. The summed E-state index contributed by atoms with van der Waals surface area (Å²) in [6.07, 6.45) is 0.825. The molecule has 2 N–H and O–H groups in total. The molecule has 0 bridgehead atoms. The summed E-state index contributed by atoms with van der Waals surface area (Å²) < 4.78 is 11.0. The molecule has 0 fully saturated rings. The zero-order valence-electron chi connectivity index (χ0n) is 10.3. The average Bonchev–Trinajstić information content (AvgIpc) is 2.46. The van der Waals surface area contributed by atoms with E-state index < -0.39 is 0 Å². The third-order valence-corrected chi connectivity index (χ3v) is 3.09.